The summed E-state index contributed by atoms with van der Waals surface area (Å²) >= 11 is 0. The fourth-order valence-corrected chi connectivity index (χ4v) is 1.94. The van der Waals surface area contributed by atoms with E-state index in [1.165, 1.54) is 30.9 Å². The van der Waals surface area contributed by atoms with Crippen molar-refractivity contribution in [3.63, 3.8) is 0 Å². The molecule has 6 heteroatoms. The van der Waals surface area contributed by atoms with Crippen molar-refractivity contribution >= 4 is 23.3 Å². The van der Waals surface area contributed by atoms with Crippen molar-refractivity contribution in [3.05, 3.63) is 53.9 Å². The molecule has 0 aliphatic carbocycles. The van der Waals surface area contributed by atoms with Crippen LogP contribution in [-0.4, -0.2) is 23.0 Å². The average Bonchev–Trinajstić information content (AvgIpc) is 2.55. The number of carbonyl (C=O) groups is 2. The van der Waals surface area contributed by atoms with Gasteiger partial charge in [0.05, 0.1) is 17.4 Å². The van der Waals surface area contributed by atoms with Crippen molar-refractivity contribution in [3.8, 4) is 0 Å². The zero-order chi connectivity index (χ0) is 16.8. The Hall–Kier alpha value is -2.89. The van der Waals surface area contributed by atoms with Crippen LogP contribution in [0.25, 0.3) is 0 Å². The van der Waals surface area contributed by atoms with Gasteiger partial charge in [-0.1, -0.05) is 19.1 Å². The highest BCUT2D eigenvalue weighted by molar-refractivity contribution is 5.99. The first-order valence-corrected chi connectivity index (χ1v) is 7.31. The summed E-state index contributed by atoms with van der Waals surface area (Å²) in [5.74, 6) is -1.07. The van der Waals surface area contributed by atoms with Crippen molar-refractivity contribution in [2.75, 3.05) is 11.1 Å². The molecule has 1 atom stereocenters. The standard InChI is InChI=1S/C17H19N3O3/c1-3-12-4-6-13(7-5-12)20-16(21)11(2)23-17(22)14-8-9-19-10-15(14)18/h4-11H,3,18H2,1-2H3,(H,20,21)/t11-/m1/s1. The molecule has 2 aromatic rings. The number of esters is 1. The second kappa shape index (κ2) is 7.40. The monoisotopic (exact) mass is 313 g/mol. The third-order valence-corrected chi connectivity index (χ3v) is 3.35. The Morgan fingerprint density at radius 3 is 2.57 bits per heavy atom. The van der Waals surface area contributed by atoms with Crippen LogP contribution in [0.5, 0.6) is 0 Å². The van der Waals surface area contributed by atoms with E-state index < -0.39 is 18.0 Å². The van der Waals surface area contributed by atoms with Crippen LogP contribution in [-0.2, 0) is 16.0 Å². The number of aryl methyl sites for hydroxylation is 1. The molecule has 0 unspecified atom stereocenters. The summed E-state index contributed by atoms with van der Waals surface area (Å²) in [5.41, 5.74) is 7.88. The van der Waals surface area contributed by atoms with Gasteiger partial charge in [-0.3, -0.25) is 9.78 Å². The molecule has 1 heterocycles. The van der Waals surface area contributed by atoms with E-state index in [9.17, 15) is 9.59 Å². The lowest BCUT2D eigenvalue weighted by Gasteiger charge is -2.14. The van der Waals surface area contributed by atoms with Crippen LogP contribution in [0.15, 0.2) is 42.7 Å². The number of carbonyl (C=O) groups excluding carboxylic acids is 2. The molecule has 120 valence electrons. The van der Waals surface area contributed by atoms with Gasteiger partial charge in [-0.25, -0.2) is 4.79 Å². The minimum atomic E-state index is -0.944. The summed E-state index contributed by atoms with van der Waals surface area (Å²) in [4.78, 5) is 27.9. The Kier molecular flexibility index (Phi) is 5.30. The highest BCUT2D eigenvalue weighted by Crippen LogP contribution is 2.13. The number of hydrogen-bond acceptors (Lipinski definition) is 5. The van der Waals surface area contributed by atoms with Gasteiger partial charge in [-0.15, -0.1) is 0 Å². The van der Waals surface area contributed by atoms with Gasteiger partial charge < -0.3 is 15.8 Å². The number of ether oxygens (including phenoxy) is 1. The Bertz CT molecular complexity index is 698. The van der Waals surface area contributed by atoms with Crippen LogP contribution in [0, 0.1) is 0 Å². The maximum absolute atomic E-state index is 12.1. The fraction of sp³-hybridized carbons (Fsp3) is 0.235. The molecular formula is C17H19N3O3. The number of hydrogen-bond donors (Lipinski definition) is 2. The number of amides is 1. The van der Waals surface area contributed by atoms with Crippen molar-refractivity contribution in [2.45, 2.75) is 26.4 Å². The van der Waals surface area contributed by atoms with Gasteiger partial charge in [0.2, 0.25) is 0 Å². The van der Waals surface area contributed by atoms with E-state index in [2.05, 4.69) is 17.2 Å². The van der Waals surface area contributed by atoms with Crippen LogP contribution in [0.4, 0.5) is 11.4 Å². The van der Waals surface area contributed by atoms with Crippen molar-refractivity contribution in [2.24, 2.45) is 0 Å². The maximum Gasteiger partial charge on any atom is 0.341 e. The van der Waals surface area contributed by atoms with Gasteiger partial charge in [-0.2, -0.15) is 0 Å². The predicted octanol–water partition coefficient (Wildman–Crippen LogP) is 2.41. The molecular weight excluding hydrogens is 294 g/mol. The molecule has 1 amide bonds. The van der Waals surface area contributed by atoms with Crippen LogP contribution in [0.1, 0.15) is 29.8 Å². The molecule has 0 spiro atoms. The molecule has 0 aliphatic heterocycles. The molecule has 0 bridgehead atoms. The van der Waals surface area contributed by atoms with E-state index in [0.717, 1.165) is 6.42 Å². The number of benzene rings is 1. The molecule has 0 saturated heterocycles. The lowest BCUT2D eigenvalue weighted by molar-refractivity contribution is -0.123. The molecule has 0 radical (unpaired) electrons. The quantitative estimate of drug-likeness (QED) is 0.827. The first-order valence-electron chi connectivity index (χ1n) is 7.31. The summed E-state index contributed by atoms with van der Waals surface area (Å²) in [6.45, 7) is 3.56. The first-order chi connectivity index (χ1) is 11.0. The van der Waals surface area contributed by atoms with Crippen LogP contribution < -0.4 is 11.1 Å². The number of pyridine rings is 1. The Morgan fingerprint density at radius 1 is 1.26 bits per heavy atom. The topological polar surface area (TPSA) is 94.3 Å². The van der Waals surface area contributed by atoms with E-state index in [1.54, 1.807) is 0 Å². The van der Waals surface area contributed by atoms with E-state index in [0.29, 0.717) is 5.69 Å². The molecule has 0 saturated carbocycles. The van der Waals surface area contributed by atoms with Crippen LogP contribution >= 0.6 is 0 Å². The van der Waals surface area contributed by atoms with Crippen molar-refractivity contribution < 1.29 is 14.3 Å². The van der Waals surface area contributed by atoms with Crippen molar-refractivity contribution in [1.82, 2.24) is 4.98 Å². The van der Waals surface area contributed by atoms with E-state index in [4.69, 9.17) is 10.5 Å². The predicted molar refractivity (Wildman–Crippen MR) is 88.0 cm³/mol. The Morgan fingerprint density at radius 2 is 1.96 bits per heavy atom. The zero-order valence-corrected chi connectivity index (χ0v) is 13.1. The first kappa shape index (κ1) is 16.5. The normalized spacial score (nSPS) is 11.6. The van der Waals surface area contributed by atoms with E-state index in [1.807, 2.05) is 24.3 Å². The number of anilines is 2. The van der Waals surface area contributed by atoms with Crippen LogP contribution in [0.2, 0.25) is 0 Å². The summed E-state index contributed by atoms with van der Waals surface area (Å²) in [5, 5.41) is 2.70. The minimum absolute atomic E-state index is 0.187. The number of rotatable bonds is 5. The lowest BCUT2D eigenvalue weighted by atomic mass is 10.1. The Balaban J connectivity index is 1.96. The maximum atomic E-state index is 12.1. The average molecular weight is 313 g/mol. The van der Waals surface area contributed by atoms with Gasteiger partial charge >= 0.3 is 5.97 Å². The smallest absolute Gasteiger partial charge is 0.341 e. The fourth-order valence-electron chi connectivity index (χ4n) is 1.94. The molecule has 0 fully saturated rings. The third kappa shape index (κ3) is 4.29. The van der Waals surface area contributed by atoms with Gasteiger partial charge in [-0.05, 0) is 37.1 Å². The van der Waals surface area contributed by atoms with Gasteiger partial charge in [0.25, 0.3) is 5.91 Å². The molecule has 0 aliphatic rings. The van der Waals surface area contributed by atoms with Gasteiger partial charge in [0, 0.05) is 11.9 Å². The summed E-state index contributed by atoms with van der Waals surface area (Å²) in [6, 6.07) is 8.94. The second-order valence-corrected chi connectivity index (χ2v) is 5.05. The third-order valence-electron chi connectivity index (χ3n) is 3.35. The SMILES string of the molecule is CCc1ccc(NC(=O)[C@@H](C)OC(=O)c2ccncc2N)cc1. The zero-order valence-electron chi connectivity index (χ0n) is 13.1. The number of nitrogen functional groups attached to an aromatic ring is 1. The summed E-state index contributed by atoms with van der Waals surface area (Å²) in [6.07, 6.45) is 2.78. The molecule has 1 aromatic carbocycles. The molecule has 3 N–H and O–H groups in total. The summed E-state index contributed by atoms with van der Waals surface area (Å²) in [7, 11) is 0. The number of nitrogens with two attached hydrogens (primary N) is 1. The molecule has 2 rings (SSSR count). The largest absolute Gasteiger partial charge is 0.449 e. The minimum Gasteiger partial charge on any atom is -0.449 e. The van der Waals surface area contributed by atoms with Gasteiger partial charge in [0.15, 0.2) is 6.10 Å². The van der Waals surface area contributed by atoms with Crippen LogP contribution in [0.3, 0.4) is 0 Å². The van der Waals surface area contributed by atoms with Gasteiger partial charge in [0.1, 0.15) is 0 Å². The van der Waals surface area contributed by atoms with E-state index in [-0.39, 0.29) is 11.3 Å². The lowest BCUT2D eigenvalue weighted by Crippen LogP contribution is -2.30. The highest BCUT2D eigenvalue weighted by Gasteiger charge is 2.20. The number of aromatic nitrogens is 1. The van der Waals surface area contributed by atoms with Crippen molar-refractivity contribution in [1.29, 1.82) is 0 Å². The van der Waals surface area contributed by atoms with E-state index >= 15 is 0 Å². The highest BCUT2D eigenvalue weighted by atomic mass is 16.5. The number of nitrogens with zero attached hydrogens (tertiary/aromatic N) is 1. The molecule has 1 aromatic heterocycles. The number of nitrogens with one attached hydrogen (secondary N) is 1. The second-order valence-electron chi connectivity index (χ2n) is 5.05. The Labute approximate surface area is 134 Å². The molecule has 23 heavy (non-hydrogen) atoms. The molecule has 6 nitrogen and oxygen atoms in total. The summed E-state index contributed by atoms with van der Waals surface area (Å²) < 4.78 is 5.14.